The molecule has 3 rings (SSSR count). The van der Waals surface area contributed by atoms with Crippen molar-refractivity contribution in [1.29, 1.82) is 0 Å². The average molecular weight is 430 g/mol. The summed E-state index contributed by atoms with van der Waals surface area (Å²) in [6, 6.07) is 15.8. The van der Waals surface area contributed by atoms with Gasteiger partial charge < -0.3 is 24.4 Å². The zero-order valence-electron chi connectivity index (χ0n) is 17.3. The molecule has 2 aromatic rings. The molecule has 1 aliphatic rings. The van der Waals surface area contributed by atoms with E-state index < -0.39 is 6.09 Å². The third-order valence-corrected chi connectivity index (χ3v) is 4.83. The first-order chi connectivity index (χ1) is 15.1. The van der Waals surface area contributed by atoms with Crippen LogP contribution >= 0.6 is 0 Å². The number of hydrogen-bond acceptors (Lipinski definition) is 5. The molecule has 8 heteroatoms. The lowest BCUT2D eigenvalue weighted by Crippen LogP contribution is -2.47. The molecular formula is C23H27FN2O5. The third kappa shape index (κ3) is 7.66. The minimum Gasteiger partial charge on any atom is -0.445 e. The van der Waals surface area contributed by atoms with E-state index in [1.165, 1.54) is 6.07 Å². The van der Waals surface area contributed by atoms with Gasteiger partial charge in [-0.3, -0.25) is 4.79 Å². The Morgan fingerprint density at radius 3 is 2.68 bits per heavy atom. The van der Waals surface area contributed by atoms with Gasteiger partial charge in [0.25, 0.3) is 0 Å². The quantitative estimate of drug-likeness (QED) is 0.662. The van der Waals surface area contributed by atoms with Crippen LogP contribution in [-0.2, 0) is 32.2 Å². The number of alkyl carbamates (subject to hydrolysis) is 1. The summed E-state index contributed by atoms with van der Waals surface area (Å²) in [4.78, 5) is 25.9. The fourth-order valence-electron chi connectivity index (χ4n) is 3.17. The zero-order valence-corrected chi connectivity index (χ0v) is 17.3. The van der Waals surface area contributed by atoms with Gasteiger partial charge in [-0.2, -0.15) is 0 Å². The smallest absolute Gasteiger partial charge is 0.407 e. The number of benzene rings is 2. The van der Waals surface area contributed by atoms with Crippen molar-refractivity contribution in [2.75, 3.05) is 32.8 Å². The van der Waals surface area contributed by atoms with E-state index in [-0.39, 0.29) is 50.6 Å². The van der Waals surface area contributed by atoms with Crippen molar-refractivity contribution >= 4 is 12.0 Å². The van der Waals surface area contributed by atoms with E-state index >= 15 is 0 Å². The lowest BCUT2D eigenvalue weighted by molar-refractivity contribution is -0.141. The summed E-state index contributed by atoms with van der Waals surface area (Å²) in [6.07, 6.45) is -0.658. The largest absolute Gasteiger partial charge is 0.445 e. The second-order valence-corrected chi connectivity index (χ2v) is 7.18. The molecule has 0 aliphatic carbocycles. The summed E-state index contributed by atoms with van der Waals surface area (Å²) in [5.41, 5.74) is 1.38. The van der Waals surface area contributed by atoms with Crippen LogP contribution in [0.2, 0.25) is 0 Å². The van der Waals surface area contributed by atoms with Crippen LogP contribution in [0.5, 0.6) is 0 Å². The molecule has 2 amide bonds. The number of carbonyl (C=O) groups excluding carboxylic acids is 2. The summed E-state index contributed by atoms with van der Waals surface area (Å²) in [7, 11) is 0. The molecule has 0 aromatic heterocycles. The standard InChI is InChI=1S/C23H27FN2O5/c24-21-9-5-4-8-19(21)16-29-17-20-14-26(12-13-30-20)22(27)10-11-25-23(28)31-15-18-6-2-1-3-7-18/h1-9,20H,10-17H2,(H,25,28). The van der Waals surface area contributed by atoms with Crippen LogP contribution in [0, 0.1) is 5.82 Å². The van der Waals surface area contributed by atoms with E-state index in [1.54, 1.807) is 23.1 Å². The number of nitrogens with one attached hydrogen (secondary N) is 1. The maximum Gasteiger partial charge on any atom is 0.407 e. The number of rotatable bonds is 9. The summed E-state index contributed by atoms with van der Waals surface area (Å²) in [5.74, 6) is -0.385. The Morgan fingerprint density at radius 2 is 1.87 bits per heavy atom. The zero-order chi connectivity index (χ0) is 21.9. The first-order valence-electron chi connectivity index (χ1n) is 10.3. The number of nitrogens with zero attached hydrogens (tertiary/aromatic N) is 1. The van der Waals surface area contributed by atoms with Crippen LogP contribution in [0.3, 0.4) is 0 Å². The lowest BCUT2D eigenvalue weighted by Gasteiger charge is -2.33. The highest BCUT2D eigenvalue weighted by Crippen LogP contribution is 2.11. The van der Waals surface area contributed by atoms with E-state index in [2.05, 4.69) is 5.32 Å². The summed E-state index contributed by atoms with van der Waals surface area (Å²) >= 11 is 0. The Morgan fingerprint density at radius 1 is 1.10 bits per heavy atom. The van der Waals surface area contributed by atoms with Crippen molar-refractivity contribution in [3.05, 3.63) is 71.5 Å². The molecule has 1 heterocycles. The fourth-order valence-corrected chi connectivity index (χ4v) is 3.17. The van der Waals surface area contributed by atoms with Gasteiger partial charge in [-0.15, -0.1) is 0 Å². The Labute approximate surface area is 181 Å². The van der Waals surface area contributed by atoms with E-state index in [0.29, 0.717) is 25.3 Å². The maximum atomic E-state index is 13.6. The van der Waals surface area contributed by atoms with E-state index in [0.717, 1.165) is 5.56 Å². The molecule has 1 unspecified atom stereocenters. The highest BCUT2D eigenvalue weighted by molar-refractivity contribution is 5.77. The fraction of sp³-hybridized carbons (Fsp3) is 0.391. The van der Waals surface area contributed by atoms with Crippen molar-refractivity contribution < 1.29 is 28.2 Å². The third-order valence-electron chi connectivity index (χ3n) is 4.83. The summed E-state index contributed by atoms with van der Waals surface area (Å²) in [5, 5.41) is 2.59. The van der Waals surface area contributed by atoms with E-state index in [4.69, 9.17) is 14.2 Å². The highest BCUT2D eigenvalue weighted by Gasteiger charge is 2.24. The molecule has 1 aliphatic heterocycles. The van der Waals surface area contributed by atoms with Crippen molar-refractivity contribution in [1.82, 2.24) is 10.2 Å². The monoisotopic (exact) mass is 430 g/mol. The molecule has 0 spiro atoms. The Balaban J connectivity index is 1.31. The SMILES string of the molecule is O=C(NCCC(=O)N1CCOC(COCc2ccccc2F)C1)OCc1ccccc1. The predicted molar refractivity (Wildman–Crippen MR) is 112 cm³/mol. The number of amides is 2. The molecule has 166 valence electrons. The van der Waals surface area contributed by atoms with Crippen LogP contribution in [0.4, 0.5) is 9.18 Å². The molecule has 31 heavy (non-hydrogen) atoms. The lowest BCUT2D eigenvalue weighted by atomic mass is 10.2. The van der Waals surface area contributed by atoms with E-state index in [1.807, 2.05) is 30.3 Å². The van der Waals surface area contributed by atoms with Crippen molar-refractivity contribution in [3.63, 3.8) is 0 Å². The average Bonchev–Trinajstić information content (AvgIpc) is 2.80. The van der Waals surface area contributed by atoms with Gasteiger partial charge in [-0.25, -0.2) is 9.18 Å². The number of hydrogen-bond donors (Lipinski definition) is 1. The van der Waals surface area contributed by atoms with E-state index in [9.17, 15) is 14.0 Å². The molecule has 1 N–H and O–H groups in total. The minimum atomic E-state index is -0.557. The van der Waals surface area contributed by atoms with Gasteiger partial charge in [0.05, 0.1) is 25.9 Å². The molecule has 0 saturated carbocycles. The highest BCUT2D eigenvalue weighted by atomic mass is 19.1. The van der Waals surface area contributed by atoms with Crippen LogP contribution in [0.1, 0.15) is 17.5 Å². The van der Waals surface area contributed by atoms with Crippen molar-refractivity contribution in [2.45, 2.75) is 25.7 Å². The van der Waals surface area contributed by atoms with Gasteiger partial charge in [0.2, 0.25) is 5.91 Å². The van der Waals surface area contributed by atoms with Gasteiger partial charge >= 0.3 is 6.09 Å². The molecule has 7 nitrogen and oxygen atoms in total. The predicted octanol–water partition coefficient (Wildman–Crippen LogP) is 2.89. The Bertz CT molecular complexity index is 849. The van der Waals surface area contributed by atoms with Gasteiger partial charge in [0, 0.05) is 31.6 Å². The van der Waals surface area contributed by atoms with Crippen LogP contribution in [0.25, 0.3) is 0 Å². The second kappa shape index (κ2) is 12.0. The van der Waals surface area contributed by atoms with Gasteiger partial charge in [0.15, 0.2) is 0 Å². The second-order valence-electron chi connectivity index (χ2n) is 7.18. The van der Waals surface area contributed by atoms with Crippen molar-refractivity contribution in [3.8, 4) is 0 Å². The molecule has 1 atom stereocenters. The number of halogens is 1. The summed E-state index contributed by atoms with van der Waals surface area (Å²) in [6.45, 7) is 2.08. The first-order valence-corrected chi connectivity index (χ1v) is 10.3. The number of morpholine rings is 1. The number of ether oxygens (including phenoxy) is 3. The normalized spacial score (nSPS) is 16.0. The van der Waals surface area contributed by atoms with Crippen LogP contribution < -0.4 is 5.32 Å². The van der Waals surface area contributed by atoms with Crippen LogP contribution in [-0.4, -0.2) is 55.9 Å². The Kier molecular flexibility index (Phi) is 8.81. The van der Waals surface area contributed by atoms with Gasteiger partial charge in [-0.1, -0.05) is 48.5 Å². The molecule has 1 saturated heterocycles. The molecule has 1 fully saturated rings. The number of carbonyl (C=O) groups is 2. The van der Waals surface area contributed by atoms with Gasteiger partial charge in [0.1, 0.15) is 12.4 Å². The maximum absolute atomic E-state index is 13.6. The van der Waals surface area contributed by atoms with Gasteiger partial charge in [-0.05, 0) is 11.6 Å². The van der Waals surface area contributed by atoms with Crippen molar-refractivity contribution in [2.24, 2.45) is 0 Å². The molecule has 0 bridgehead atoms. The minimum absolute atomic E-state index is 0.0780. The Hall–Kier alpha value is -2.97. The molecule has 0 radical (unpaired) electrons. The molecule has 2 aromatic carbocycles. The summed E-state index contributed by atoms with van der Waals surface area (Å²) < 4.78 is 30.0. The first kappa shape index (κ1) is 22.7. The van der Waals surface area contributed by atoms with Crippen LogP contribution in [0.15, 0.2) is 54.6 Å². The topological polar surface area (TPSA) is 77.1 Å². The molecular weight excluding hydrogens is 403 g/mol.